The first-order chi connectivity index (χ1) is 14.3. The Balaban J connectivity index is 1.43. The van der Waals surface area contributed by atoms with Crippen molar-refractivity contribution in [2.24, 2.45) is 0 Å². The van der Waals surface area contributed by atoms with Crippen LogP contribution in [0, 0.1) is 0 Å². The summed E-state index contributed by atoms with van der Waals surface area (Å²) in [4.78, 5) is 17.0. The molecule has 0 radical (unpaired) electrons. The molecule has 2 heterocycles. The largest absolute Gasteiger partial charge is 0.481 e. The van der Waals surface area contributed by atoms with E-state index < -0.39 is 15.9 Å². The Labute approximate surface area is 175 Å². The maximum Gasteiger partial charge on any atom is 0.266 e. The van der Waals surface area contributed by atoms with Crippen molar-refractivity contribution in [3.05, 3.63) is 48.8 Å². The van der Waals surface area contributed by atoms with Crippen molar-refractivity contribution < 1.29 is 17.9 Å². The van der Waals surface area contributed by atoms with E-state index in [1.807, 2.05) is 0 Å². The van der Waals surface area contributed by atoms with Gasteiger partial charge in [-0.15, -0.1) is 5.10 Å². The zero-order valence-electron chi connectivity index (χ0n) is 15.9. The van der Waals surface area contributed by atoms with Gasteiger partial charge < -0.3 is 4.74 Å². The van der Waals surface area contributed by atoms with Crippen LogP contribution in [0.3, 0.4) is 0 Å². The average Bonchev–Trinajstić information content (AvgIpc) is 3.36. The smallest absolute Gasteiger partial charge is 0.266 e. The molecule has 1 atom stereocenters. The topological polar surface area (TPSA) is 129 Å². The van der Waals surface area contributed by atoms with Crippen LogP contribution in [0.5, 0.6) is 5.75 Å². The van der Waals surface area contributed by atoms with Gasteiger partial charge in [-0.1, -0.05) is 11.3 Å². The number of aromatic nitrogens is 5. The van der Waals surface area contributed by atoms with Crippen LogP contribution in [0.15, 0.2) is 53.7 Å². The molecule has 0 aliphatic rings. The number of nitrogens with one attached hydrogen (secondary N) is 1. The summed E-state index contributed by atoms with van der Waals surface area (Å²) in [6.45, 7) is 1.62. The van der Waals surface area contributed by atoms with Crippen LogP contribution in [0.1, 0.15) is 6.92 Å². The molecule has 30 heavy (non-hydrogen) atoms. The highest BCUT2D eigenvalue weighted by Crippen LogP contribution is 2.28. The highest BCUT2D eigenvalue weighted by molar-refractivity contribution is 7.90. The molecular formula is C18H16N6O4S2. The van der Waals surface area contributed by atoms with Crippen LogP contribution in [-0.2, 0) is 14.6 Å². The van der Waals surface area contributed by atoms with Crippen LogP contribution in [0.25, 0.3) is 15.9 Å². The van der Waals surface area contributed by atoms with Crippen molar-refractivity contribution in [1.82, 2.24) is 25.2 Å². The molecule has 0 saturated heterocycles. The number of sulfone groups is 1. The number of carbonyl (C=O) groups excluding carboxylic acids is 1. The third-order valence-corrected chi connectivity index (χ3v) is 6.19. The second-order valence-electron chi connectivity index (χ2n) is 6.42. The van der Waals surface area contributed by atoms with Gasteiger partial charge in [0.25, 0.3) is 5.91 Å². The molecule has 0 fully saturated rings. The molecule has 4 aromatic rings. The van der Waals surface area contributed by atoms with Gasteiger partial charge in [0.1, 0.15) is 12.1 Å². The van der Waals surface area contributed by atoms with Crippen molar-refractivity contribution in [3.63, 3.8) is 0 Å². The minimum absolute atomic E-state index is 0.207. The lowest BCUT2D eigenvalue weighted by Gasteiger charge is -2.14. The summed E-state index contributed by atoms with van der Waals surface area (Å²) in [5.41, 5.74) is 1.36. The molecule has 1 N–H and O–H groups in total. The number of carbonyl (C=O) groups is 1. The summed E-state index contributed by atoms with van der Waals surface area (Å²) in [7, 11) is -3.31. The fourth-order valence-electron chi connectivity index (χ4n) is 2.61. The highest BCUT2D eigenvalue weighted by atomic mass is 32.2. The van der Waals surface area contributed by atoms with Crippen LogP contribution in [0.2, 0.25) is 0 Å². The Morgan fingerprint density at radius 2 is 1.97 bits per heavy atom. The van der Waals surface area contributed by atoms with Crippen LogP contribution in [-0.4, -0.2) is 51.9 Å². The van der Waals surface area contributed by atoms with E-state index >= 15 is 0 Å². The molecule has 1 unspecified atom stereocenters. The molecular weight excluding hydrogens is 428 g/mol. The number of tetrazole rings is 1. The Bertz CT molecular complexity index is 1300. The Kier molecular flexibility index (Phi) is 5.18. The molecule has 0 bridgehead atoms. The molecule has 154 valence electrons. The van der Waals surface area contributed by atoms with Gasteiger partial charge in [-0.25, -0.2) is 18.1 Å². The van der Waals surface area contributed by atoms with Crippen molar-refractivity contribution in [3.8, 4) is 11.4 Å². The molecule has 2 aromatic heterocycles. The second-order valence-corrected chi connectivity index (χ2v) is 9.46. The predicted octanol–water partition coefficient (Wildman–Crippen LogP) is 2.08. The Hall–Kier alpha value is -3.38. The van der Waals surface area contributed by atoms with Crippen LogP contribution >= 0.6 is 11.3 Å². The summed E-state index contributed by atoms with van der Waals surface area (Å²) in [5, 5.41) is 14.0. The number of hydrogen-bond acceptors (Lipinski definition) is 9. The van der Waals surface area contributed by atoms with Gasteiger partial charge in [0, 0.05) is 6.26 Å². The third kappa shape index (κ3) is 4.28. The van der Waals surface area contributed by atoms with E-state index in [-0.39, 0.29) is 10.8 Å². The van der Waals surface area contributed by atoms with Gasteiger partial charge in [0.05, 0.1) is 20.8 Å². The first kappa shape index (κ1) is 19.9. The molecule has 0 saturated carbocycles. The number of hydrogen-bond donors (Lipinski definition) is 1. The van der Waals surface area contributed by atoms with Gasteiger partial charge in [-0.05, 0) is 59.8 Å². The van der Waals surface area contributed by atoms with Gasteiger partial charge >= 0.3 is 0 Å². The minimum Gasteiger partial charge on any atom is -0.481 e. The fraction of sp³-hybridized carbons (Fsp3) is 0.167. The van der Waals surface area contributed by atoms with Gasteiger partial charge in [-0.2, -0.15) is 0 Å². The maximum absolute atomic E-state index is 12.5. The monoisotopic (exact) mass is 444 g/mol. The van der Waals surface area contributed by atoms with Crippen LogP contribution < -0.4 is 10.1 Å². The number of ether oxygens (including phenoxy) is 1. The number of fused-ring (bicyclic) bond motifs is 1. The first-order valence-electron chi connectivity index (χ1n) is 8.71. The number of amides is 1. The van der Waals surface area contributed by atoms with Crippen LogP contribution in [0.4, 0.5) is 5.13 Å². The van der Waals surface area contributed by atoms with Crippen molar-refractivity contribution in [2.45, 2.75) is 17.9 Å². The zero-order valence-corrected chi connectivity index (χ0v) is 17.5. The second kappa shape index (κ2) is 7.80. The average molecular weight is 444 g/mol. The Morgan fingerprint density at radius 1 is 1.20 bits per heavy atom. The molecule has 0 aliphatic heterocycles. The van der Waals surface area contributed by atoms with E-state index in [2.05, 4.69) is 25.8 Å². The molecule has 0 spiro atoms. The summed E-state index contributed by atoms with van der Waals surface area (Å²) < 4.78 is 31.2. The number of thiazole rings is 1. The van der Waals surface area contributed by atoms with Gasteiger partial charge in [0.2, 0.25) is 0 Å². The lowest BCUT2D eigenvalue weighted by Crippen LogP contribution is -2.30. The first-order valence-corrected chi connectivity index (χ1v) is 11.4. The zero-order chi connectivity index (χ0) is 21.3. The maximum atomic E-state index is 12.5. The van der Waals surface area contributed by atoms with E-state index in [1.54, 1.807) is 43.3 Å². The third-order valence-electron chi connectivity index (χ3n) is 4.15. The lowest BCUT2D eigenvalue weighted by molar-refractivity contribution is -0.122. The van der Waals surface area contributed by atoms with Crippen molar-refractivity contribution in [1.29, 1.82) is 0 Å². The number of benzene rings is 2. The minimum atomic E-state index is -3.31. The van der Waals surface area contributed by atoms with E-state index in [4.69, 9.17) is 4.74 Å². The quantitative estimate of drug-likeness (QED) is 0.479. The van der Waals surface area contributed by atoms with E-state index in [1.165, 1.54) is 28.4 Å². The molecule has 0 aliphatic carbocycles. The van der Waals surface area contributed by atoms with Gasteiger partial charge in [0.15, 0.2) is 21.1 Å². The number of anilines is 1. The molecule has 1 amide bonds. The molecule has 12 heteroatoms. The molecule has 10 nitrogen and oxygen atoms in total. The van der Waals surface area contributed by atoms with E-state index in [0.717, 1.165) is 11.9 Å². The highest BCUT2D eigenvalue weighted by Gasteiger charge is 2.18. The standard InChI is InChI=1S/C18H16N6O4S2/c1-11(28-13-5-3-12(4-6-13)24-10-19-22-23-24)17(25)21-18-20-15-8-7-14(30(2,26)27)9-16(15)29-18/h3-11H,1-2H3,(H,20,21,25). The number of nitrogens with zero attached hydrogens (tertiary/aromatic N) is 5. The van der Waals surface area contributed by atoms with Crippen molar-refractivity contribution in [2.75, 3.05) is 11.6 Å². The lowest BCUT2D eigenvalue weighted by atomic mass is 10.3. The fourth-order valence-corrected chi connectivity index (χ4v) is 4.24. The summed E-state index contributed by atoms with van der Waals surface area (Å²) in [6.07, 6.45) is 1.84. The van der Waals surface area contributed by atoms with E-state index in [0.29, 0.717) is 21.1 Å². The Morgan fingerprint density at radius 3 is 2.63 bits per heavy atom. The number of rotatable bonds is 6. The normalized spacial score (nSPS) is 12.6. The summed E-state index contributed by atoms with van der Waals surface area (Å²) in [6, 6.07) is 11.6. The van der Waals surface area contributed by atoms with E-state index in [9.17, 15) is 13.2 Å². The summed E-state index contributed by atoms with van der Waals surface area (Å²) >= 11 is 1.20. The molecule has 4 rings (SSSR count). The molecule has 2 aromatic carbocycles. The predicted molar refractivity (Wildman–Crippen MR) is 111 cm³/mol. The van der Waals surface area contributed by atoms with Gasteiger partial charge in [-0.3, -0.25) is 10.1 Å². The van der Waals surface area contributed by atoms with Crippen molar-refractivity contribution >= 4 is 42.4 Å². The SMILES string of the molecule is CC(Oc1ccc(-n2cnnn2)cc1)C(=O)Nc1nc2ccc(S(C)(=O)=O)cc2s1. The summed E-state index contributed by atoms with van der Waals surface area (Å²) in [5.74, 6) is 0.138.